The van der Waals surface area contributed by atoms with Crippen LogP contribution in [0.15, 0.2) is 5.38 Å². The van der Waals surface area contributed by atoms with E-state index in [2.05, 4.69) is 10.3 Å². The zero-order valence-corrected chi connectivity index (χ0v) is 7.93. The molecule has 0 aliphatic heterocycles. The van der Waals surface area contributed by atoms with Crippen molar-refractivity contribution in [2.24, 2.45) is 5.73 Å². The number of amides is 2. The highest BCUT2D eigenvalue weighted by atomic mass is 32.1. The van der Waals surface area contributed by atoms with Crippen molar-refractivity contribution in [3.63, 3.8) is 0 Å². The van der Waals surface area contributed by atoms with Crippen LogP contribution in [0.5, 0.6) is 0 Å². The van der Waals surface area contributed by atoms with Gasteiger partial charge in [-0.05, 0) is 12.8 Å². The fourth-order valence-electron chi connectivity index (χ4n) is 1.10. The molecule has 3 N–H and O–H groups in total. The quantitative estimate of drug-likeness (QED) is 0.764. The minimum atomic E-state index is -0.499. The molecule has 5 heteroatoms. The highest BCUT2D eigenvalue weighted by molar-refractivity contribution is 7.09. The van der Waals surface area contributed by atoms with Crippen LogP contribution in [0, 0.1) is 0 Å². The van der Waals surface area contributed by atoms with E-state index < -0.39 is 6.03 Å². The number of carbonyl (C=O) groups excluding carboxylic acids is 1. The lowest BCUT2D eigenvalue weighted by Crippen LogP contribution is -2.28. The average molecular weight is 197 g/mol. The first-order valence-electron chi connectivity index (χ1n) is 4.23. The third kappa shape index (κ3) is 2.18. The fraction of sp³-hybridized carbons (Fsp3) is 0.500. The Bertz CT molecular complexity index is 319. The molecule has 4 nitrogen and oxygen atoms in total. The number of aromatic nitrogens is 1. The topological polar surface area (TPSA) is 68.0 Å². The summed E-state index contributed by atoms with van der Waals surface area (Å²) in [7, 11) is 0. The summed E-state index contributed by atoms with van der Waals surface area (Å²) in [5, 5.41) is 5.69. The molecular weight excluding hydrogens is 186 g/mol. The second-order valence-corrected chi connectivity index (χ2v) is 4.06. The van der Waals surface area contributed by atoms with Gasteiger partial charge < -0.3 is 11.1 Å². The summed E-state index contributed by atoms with van der Waals surface area (Å²) in [5.41, 5.74) is 5.85. The van der Waals surface area contributed by atoms with Gasteiger partial charge in [-0.25, -0.2) is 9.78 Å². The molecule has 0 spiro atoms. The Morgan fingerprint density at radius 2 is 2.54 bits per heavy atom. The number of nitrogens with one attached hydrogen (secondary N) is 1. The van der Waals surface area contributed by atoms with Gasteiger partial charge in [0.2, 0.25) is 0 Å². The molecule has 0 radical (unpaired) electrons. The molecule has 2 amide bonds. The third-order valence-electron chi connectivity index (χ3n) is 1.94. The summed E-state index contributed by atoms with van der Waals surface area (Å²) in [6.07, 6.45) is 2.52. The van der Waals surface area contributed by atoms with E-state index in [1.807, 2.05) is 5.38 Å². The molecule has 1 saturated carbocycles. The molecule has 1 aromatic heterocycles. The van der Waals surface area contributed by atoms with Crippen LogP contribution in [0.1, 0.15) is 29.5 Å². The smallest absolute Gasteiger partial charge is 0.312 e. The summed E-state index contributed by atoms with van der Waals surface area (Å²) < 4.78 is 0. The number of hydrogen-bond donors (Lipinski definition) is 2. The van der Waals surface area contributed by atoms with Crippen LogP contribution in [0.25, 0.3) is 0 Å². The maximum atomic E-state index is 10.4. The van der Waals surface area contributed by atoms with Crippen LogP contribution in [0.4, 0.5) is 4.79 Å². The summed E-state index contributed by atoms with van der Waals surface area (Å²) in [6, 6.07) is -0.499. The lowest BCUT2D eigenvalue weighted by atomic mass is 10.4. The number of carbonyl (C=O) groups is 1. The highest BCUT2D eigenvalue weighted by Gasteiger charge is 2.26. The van der Waals surface area contributed by atoms with Crippen molar-refractivity contribution in [2.45, 2.75) is 25.3 Å². The van der Waals surface area contributed by atoms with Crippen LogP contribution in [0.2, 0.25) is 0 Å². The molecule has 0 aromatic carbocycles. The first-order chi connectivity index (χ1) is 6.25. The number of rotatable bonds is 3. The van der Waals surface area contributed by atoms with Crippen molar-refractivity contribution in [2.75, 3.05) is 0 Å². The molecule has 1 heterocycles. The Labute approximate surface area is 80.2 Å². The van der Waals surface area contributed by atoms with Crippen LogP contribution < -0.4 is 11.1 Å². The van der Waals surface area contributed by atoms with Crippen molar-refractivity contribution in [3.8, 4) is 0 Å². The van der Waals surface area contributed by atoms with E-state index in [0.717, 1.165) is 5.69 Å². The Morgan fingerprint density at radius 3 is 3.15 bits per heavy atom. The number of thiazole rings is 1. The molecule has 2 rings (SSSR count). The maximum Gasteiger partial charge on any atom is 0.312 e. The molecule has 1 aliphatic rings. The number of primary amides is 1. The van der Waals surface area contributed by atoms with Crippen LogP contribution in [-0.2, 0) is 6.54 Å². The summed E-state index contributed by atoms with van der Waals surface area (Å²) in [5.74, 6) is 0.687. The molecule has 0 saturated heterocycles. The van der Waals surface area contributed by atoms with Gasteiger partial charge >= 0.3 is 6.03 Å². The van der Waals surface area contributed by atoms with Gasteiger partial charge in [0.05, 0.1) is 17.2 Å². The van der Waals surface area contributed by atoms with Crippen LogP contribution >= 0.6 is 11.3 Å². The van der Waals surface area contributed by atoms with Crippen molar-refractivity contribution in [3.05, 3.63) is 16.1 Å². The molecule has 1 aliphatic carbocycles. The van der Waals surface area contributed by atoms with Crippen molar-refractivity contribution >= 4 is 17.4 Å². The van der Waals surface area contributed by atoms with Gasteiger partial charge in [-0.1, -0.05) is 0 Å². The minimum absolute atomic E-state index is 0.443. The molecule has 0 bridgehead atoms. The van der Waals surface area contributed by atoms with Crippen LogP contribution in [0.3, 0.4) is 0 Å². The summed E-state index contributed by atoms with van der Waals surface area (Å²) >= 11 is 1.67. The highest BCUT2D eigenvalue weighted by Crippen LogP contribution is 2.41. The third-order valence-corrected chi connectivity index (χ3v) is 3.00. The lowest BCUT2D eigenvalue weighted by molar-refractivity contribution is 0.248. The molecule has 0 atom stereocenters. The summed E-state index contributed by atoms with van der Waals surface area (Å²) in [6.45, 7) is 0.443. The van der Waals surface area contributed by atoms with E-state index in [9.17, 15) is 4.79 Å². The predicted molar refractivity (Wildman–Crippen MR) is 50.5 cm³/mol. The van der Waals surface area contributed by atoms with E-state index in [0.29, 0.717) is 12.5 Å². The number of hydrogen-bond acceptors (Lipinski definition) is 3. The first-order valence-corrected chi connectivity index (χ1v) is 5.11. The van der Waals surface area contributed by atoms with Gasteiger partial charge in [-0.3, -0.25) is 0 Å². The van der Waals surface area contributed by atoms with Gasteiger partial charge in [0.15, 0.2) is 0 Å². The van der Waals surface area contributed by atoms with E-state index in [1.54, 1.807) is 11.3 Å². The van der Waals surface area contributed by atoms with Gasteiger partial charge in [0, 0.05) is 11.3 Å². The van der Waals surface area contributed by atoms with E-state index >= 15 is 0 Å². The molecule has 0 unspecified atom stereocenters. The number of urea groups is 1. The predicted octanol–water partition coefficient (Wildman–Crippen LogP) is 1.19. The maximum absolute atomic E-state index is 10.4. The largest absolute Gasteiger partial charge is 0.352 e. The number of nitrogens with zero attached hydrogens (tertiary/aromatic N) is 1. The van der Waals surface area contributed by atoms with Gasteiger partial charge in [0.1, 0.15) is 0 Å². The van der Waals surface area contributed by atoms with Gasteiger partial charge in [-0.2, -0.15) is 0 Å². The lowest BCUT2D eigenvalue weighted by Gasteiger charge is -1.96. The van der Waals surface area contributed by atoms with Crippen molar-refractivity contribution in [1.29, 1.82) is 0 Å². The second kappa shape index (κ2) is 3.33. The normalized spacial score (nSPS) is 15.7. The molecule has 1 fully saturated rings. The molecule has 13 heavy (non-hydrogen) atoms. The monoisotopic (exact) mass is 197 g/mol. The fourth-order valence-corrected chi connectivity index (χ4v) is 2.09. The second-order valence-electron chi connectivity index (χ2n) is 3.17. The Balaban J connectivity index is 1.92. The summed E-state index contributed by atoms with van der Waals surface area (Å²) in [4.78, 5) is 14.8. The van der Waals surface area contributed by atoms with Gasteiger partial charge in [0.25, 0.3) is 0 Å². The standard InChI is InChI=1S/C8H11N3OS/c9-8(12)10-3-6-4-13-7(11-6)5-1-2-5/h4-5H,1-3H2,(H3,9,10,12). The SMILES string of the molecule is NC(=O)NCc1csc(C2CC2)n1. The van der Waals surface area contributed by atoms with E-state index in [1.165, 1.54) is 17.8 Å². The molecular formula is C8H11N3OS. The molecule has 1 aromatic rings. The molecule has 70 valence electrons. The zero-order valence-electron chi connectivity index (χ0n) is 7.12. The Kier molecular flexibility index (Phi) is 2.18. The average Bonchev–Trinajstić information content (AvgIpc) is 2.83. The van der Waals surface area contributed by atoms with E-state index in [-0.39, 0.29) is 0 Å². The van der Waals surface area contributed by atoms with E-state index in [4.69, 9.17) is 5.73 Å². The van der Waals surface area contributed by atoms with Crippen molar-refractivity contribution in [1.82, 2.24) is 10.3 Å². The first kappa shape index (κ1) is 8.50. The zero-order chi connectivity index (χ0) is 9.26. The van der Waals surface area contributed by atoms with Gasteiger partial charge in [-0.15, -0.1) is 11.3 Å². The van der Waals surface area contributed by atoms with Crippen molar-refractivity contribution < 1.29 is 4.79 Å². The Morgan fingerprint density at radius 1 is 1.77 bits per heavy atom. The van der Waals surface area contributed by atoms with Crippen LogP contribution in [-0.4, -0.2) is 11.0 Å². The minimum Gasteiger partial charge on any atom is -0.352 e. The Hall–Kier alpha value is -1.10. The number of nitrogens with two attached hydrogens (primary N) is 1.